The van der Waals surface area contributed by atoms with Crippen LogP contribution in [0.25, 0.3) is 0 Å². The van der Waals surface area contributed by atoms with Gasteiger partial charge in [-0.1, -0.05) is 0 Å². The second-order valence-corrected chi connectivity index (χ2v) is 4.03. The summed E-state index contributed by atoms with van der Waals surface area (Å²) in [6, 6.07) is 0. The number of ether oxygens (including phenoxy) is 1. The van der Waals surface area contributed by atoms with Crippen molar-refractivity contribution in [3.8, 4) is 0 Å². The lowest BCUT2D eigenvalue weighted by atomic mass is 9.94. The molecule has 0 aliphatic heterocycles. The summed E-state index contributed by atoms with van der Waals surface area (Å²) in [5.74, 6) is -0.173. The minimum atomic E-state index is -0.384. The van der Waals surface area contributed by atoms with E-state index in [0.29, 0.717) is 38.1 Å². The zero-order valence-corrected chi connectivity index (χ0v) is 10.2. The Balaban J connectivity index is 2.41. The lowest BCUT2D eigenvalue weighted by Crippen LogP contribution is -2.17. The van der Waals surface area contributed by atoms with Crippen LogP contribution in [0.2, 0.25) is 0 Å². The Labute approximate surface area is 99.8 Å². The molecule has 1 aromatic heterocycles. The SMILES string of the molecule is CCOC(=O)c1nn(CC)c2c1CCC(=O)C2. The Morgan fingerprint density at radius 3 is 2.82 bits per heavy atom. The molecule has 1 aliphatic rings. The highest BCUT2D eigenvalue weighted by atomic mass is 16.5. The van der Waals surface area contributed by atoms with E-state index in [2.05, 4.69) is 5.10 Å². The second-order valence-electron chi connectivity index (χ2n) is 4.03. The van der Waals surface area contributed by atoms with Gasteiger partial charge in [0.2, 0.25) is 0 Å². The summed E-state index contributed by atoms with van der Waals surface area (Å²) in [6.45, 7) is 4.71. The van der Waals surface area contributed by atoms with Crippen LogP contribution in [0.1, 0.15) is 42.0 Å². The Bertz CT molecular complexity index is 463. The predicted octanol–water partition coefficient (Wildman–Crippen LogP) is 1.14. The molecule has 5 heteroatoms. The first-order valence-corrected chi connectivity index (χ1v) is 5.94. The highest BCUT2D eigenvalue weighted by molar-refractivity contribution is 5.91. The molecule has 17 heavy (non-hydrogen) atoms. The van der Waals surface area contributed by atoms with Gasteiger partial charge < -0.3 is 4.74 Å². The maximum absolute atomic E-state index is 11.7. The number of ketones is 1. The fourth-order valence-electron chi connectivity index (χ4n) is 2.16. The average Bonchev–Trinajstić information content (AvgIpc) is 2.67. The van der Waals surface area contributed by atoms with E-state index >= 15 is 0 Å². The maximum atomic E-state index is 11.7. The summed E-state index contributed by atoms with van der Waals surface area (Å²) in [6.07, 6.45) is 1.48. The second kappa shape index (κ2) is 4.69. The van der Waals surface area contributed by atoms with Crippen molar-refractivity contribution < 1.29 is 14.3 Å². The minimum absolute atomic E-state index is 0.211. The van der Waals surface area contributed by atoms with Gasteiger partial charge in [-0.2, -0.15) is 5.10 Å². The first-order chi connectivity index (χ1) is 8.17. The fraction of sp³-hybridized carbons (Fsp3) is 0.583. The number of nitrogens with zero attached hydrogens (tertiary/aromatic N) is 2. The van der Waals surface area contributed by atoms with Crippen molar-refractivity contribution in [2.45, 2.75) is 39.7 Å². The van der Waals surface area contributed by atoms with Gasteiger partial charge in [0.25, 0.3) is 0 Å². The molecule has 2 rings (SSSR count). The molecule has 0 N–H and O–H groups in total. The highest BCUT2D eigenvalue weighted by Gasteiger charge is 2.27. The standard InChI is InChI=1S/C12H16N2O3/c1-3-14-10-7-8(15)5-6-9(10)11(13-14)12(16)17-4-2/h3-7H2,1-2H3. The molecular weight excluding hydrogens is 220 g/mol. The van der Waals surface area contributed by atoms with Crippen LogP contribution in [0, 0.1) is 0 Å². The number of aryl methyl sites for hydroxylation is 1. The van der Waals surface area contributed by atoms with Crippen molar-refractivity contribution in [1.82, 2.24) is 9.78 Å². The quantitative estimate of drug-likeness (QED) is 0.738. The molecular formula is C12H16N2O3. The van der Waals surface area contributed by atoms with Crippen LogP contribution in [0.4, 0.5) is 0 Å². The molecule has 0 atom stereocenters. The summed E-state index contributed by atoms with van der Waals surface area (Å²) in [4.78, 5) is 23.2. The van der Waals surface area contributed by atoms with Crippen LogP contribution < -0.4 is 0 Å². The third kappa shape index (κ3) is 2.09. The number of carbonyl (C=O) groups is 2. The van der Waals surface area contributed by atoms with E-state index in [1.54, 1.807) is 11.6 Å². The third-order valence-corrected chi connectivity index (χ3v) is 2.95. The van der Waals surface area contributed by atoms with E-state index in [1.165, 1.54) is 0 Å². The normalized spacial score (nSPS) is 14.6. The van der Waals surface area contributed by atoms with E-state index in [1.807, 2.05) is 6.92 Å². The van der Waals surface area contributed by atoms with Crippen LogP contribution in [0.3, 0.4) is 0 Å². The Morgan fingerprint density at radius 1 is 1.41 bits per heavy atom. The van der Waals surface area contributed by atoms with Crippen LogP contribution in [0.15, 0.2) is 0 Å². The van der Waals surface area contributed by atoms with Crippen molar-refractivity contribution in [2.75, 3.05) is 6.61 Å². The third-order valence-electron chi connectivity index (χ3n) is 2.95. The van der Waals surface area contributed by atoms with Gasteiger partial charge in [0.1, 0.15) is 5.78 Å². The zero-order valence-electron chi connectivity index (χ0n) is 10.2. The number of rotatable bonds is 3. The highest BCUT2D eigenvalue weighted by Crippen LogP contribution is 2.23. The molecule has 0 bridgehead atoms. The van der Waals surface area contributed by atoms with Crippen LogP contribution >= 0.6 is 0 Å². The number of Topliss-reactive ketones (excluding diaryl/α,β-unsaturated/α-hetero) is 1. The van der Waals surface area contributed by atoms with Crippen LogP contribution in [-0.4, -0.2) is 28.1 Å². The van der Waals surface area contributed by atoms with E-state index in [4.69, 9.17) is 4.74 Å². The lowest BCUT2D eigenvalue weighted by Gasteiger charge is -2.12. The number of esters is 1. The monoisotopic (exact) mass is 236 g/mol. The summed E-state index contributed by atoms with van der Waals surface area (Å²) in [5, 5.41) is 4.25. The predicted molar refractivity (Wildman–Crippen MR) is 60.9 cm³/mol. The van der Waals surface area contributed by atoms with E-state index in [9.17, 15) is 9.59 Å². The Morgan fingerprint density at radius 2 is 2.18 bits per heavy atom. The maximum Gasteiger partial charge on any atom is 0.359 e. The largest absolute Gasteiger partial charge is 0.461 e. The summed E-state index contributed by atoms with van der Waals surface area (Å²) < 4.78 is 6.71. The van der Waals surface area contributed by atoms with Crippen molar-refractivity contribution in [1.29, 1.82) is 0 Å². The number of carbonyl (C=O) groups excluding carboxylic acids is 2. The lowest BCUT2D eigenvalue weighted by molar-refractivity contribution is -0.118. The molecule has 1 aliphatic carbocycles. The van der Waals surface area contributed by atoms with Gasteiger partial charge in [0.05, 0.1) is 6.61 Å². The van der Waals surface area contributed by atoms with E-state index < -0.39 is 0 Å². The molecule has 5 nitrogen and oxygen atoms in total. The van der Waals surface area contributed by atoms with Crippen molar-refractivity contribution in [3.05, 3.63) is 17.0 Å². The summed E-state index contributed by atoms with van der Waals surface area (Å²) >= 11 is 0. The topological polar surface area (TPSA) is 61.2 Å². The molecule has 0 fully saturated rings. The smallest absolute Gasteiger partial charge is 0.359 e. The molecule has 1 heterocycles. The Kier molecular flexibility index (Phi) is 3.26. The molecule has 0 saturated carbocycles. The fourth-order valence-corrected chi connectivity index (χ4v) is 2.16. The van der Waals surface area contributed by atoms with Gasteiger partial charge in [-0.05, 0) is 20.3 Å². The van der Waals surface area contributed by atoms with Gasteiger partial charge in [-0.25, -0.2) is 4.79 Å². The van der Waals surface area contributed by atoms with Gasteiger partial charge in [0.15, 0.2) is 5.69 Å². The molecule has 0 unspecified atom stereocenters. The van der Waals surface area contributed by atoms with Gasteiger partial charge >= 0.3 is 5.97 Å². The number of hydrogen-bond acceptors (Lipinski definition) is 4. The average molecular weight is 236 g/mol. The summed E-state index contributed by atoms with van der Waals surface area (Å²) in [5.41, 5.74) is 2.16. The number of aromatic nitrogens is 2. The zero-order chi connectivity index (χ0) is 12.4. The Hall–Kier alpha value is -1.65. The summed E-state index contributed by atoms with van der Waals surface area (Å²) in [7, 11) is 0. The van der Waals surface area contributed by atoms with Crippen LogP contribution in [0.5, 0.6) is 0 Å². The molecule has 1 aromatic rings. The molecule has 0 aromatic carbocycles. The first-order valence-electron chi connectivity index (χ1n) is 5.94. The van der Waals surface area contributed by atoms with Crippen LogP contribution in [-0.2, 0) is 28.9 Å². The van der Waals surface area contributed by atoms with Gasteiger partial charge in [-0.3, -0.25) is 9.48 Å². The number of fused-ring (bicyclic) bond motifs is 1. The van der Waals surface area contributed by atoms with E-state index in [-0.39, 0.29) is 11.8 Å². The van der Waals surface area contributed by atoms with Crippen molar-refractivity contribution in [3.63, 3.8) is 0 Å². The minimum Gasteiger partial charge on any atom is -0.461 e. The van der Waals surface area contributed by atoms with Gasteiger partial charge in [0, 0.05) is 30.6 Å². The first kappa shape index (κ1) is 11.8. The molecule has 0 amide bonds. The van der Waals surface area contributed by atoms with Crippen molar-refractivity contribution >= 4 is 11.8 Å². The van der Waals surface area contributed by atoms with E-state index in [0.717, 1.165) is 11.3 Å². The van der Waals surface area contributed by atoms with Gasteiger partial charge in [-0.15, -0.1) is 0 Å². The molecule has 92 valence electrons. The molecule has 0 spiro atoms. The number of hydrogen-bond donors (Lipinski definition) is 0. The molecule has 0 radical (unpaired) electrons. The molecule has 0 saturated heterocycles. The van der Waals surface area contributed by atoms with Crippen molar-refractivity contribution in [2.24, 2.45) is 0 Å².